The third-order valence-electron chi connectivity index (χ3n) is 2.60. The van der Waals surface area contributed by atoms with Crippen LogP contribution in [0.4, 0.5) is 13.2 Å². The Morgan fingerprint density at radius 2 is 1.63 bits per heavy atom. The number of nitrogens with zero attached hydrogens (tertiary/aromatic N) is 4. The van der Waals surface area contributed by atoms with Gasteiger partial charge in [-0.25, -0.2) is 9.97 Å². The van der Waals surface area contributed by atoms with Gasteiger partial charge in [-0.15, -0.1) is 0 Å². The zero-order chi connectivity index (χ0) is 14.5. The maximum absolute atomic E-state index is 12.2. The van der Waals surface area contributed by atoms with Gasteiger partial charge < -0.3 is 0 Å². The van der Waals surface area contributed by atoms with Crippen molar-refractivity contribution in [1.82, 2.24) is 9.97 Å². The van der Waals surface area contributed by atoms with Crippen LogP contribution in [-0.2, 0) is 6.42 Å². The molecule has 4 nitrogen and oxygen atoms in total. The molecule has 0 amide bonds. The first-order valence-corrected chi connectivity index (χ1v) is 5.47. The highest BCUT2D eigenvalue weighted by atomic mass is 19.4. The molecular weight excluding hydrogens is 257 g/mol. The minimum atomic E-state index is -4.39. The number of halogens is 3. The summed E-state index contributed by atoms with van der Waals surface area (Å²) in [5.74, 6) is 0.513. The molecule has 100 valence electrons. The van der Waals surface area contributed by atoms with E-state index in [4.69, 9.17) is 10.5 Å². The van der Waals surface area contributed by atoms with Gasteiger partial charge in [0, 0.05) is 25.2 Å². The van der Waals surface area contributed by atoms with E-state index in [0.29, 0.717) is 11.4 Å². The fourth-order valence-electron chi connectivity index (χ4n) is 1.52. The quantitative estimate of drug-likeness (QED) is 0.841. The van der Waals surface area contributed by atoms with E-state index in [2.05, 4.69) is 9.97 Å². The molecule has 0 fully saturated rings. The normalized spacial score (nSPS) is 11.7. The van der Waals surface area contributed by atoms with E-state index >= 15 is 0 Å². The molecule has 0 aromatic carbocycles. The molecule has 0 radical (unpaired) electrons. The fourth-order valence-corrected chi connectivity index (χ4v) is 1.52. The van der Waals surface area contributed by atoms with Crippen LogP contribution in [0.15, 0.2) is 12.4 Å². The molecule has 1 aromatic rings. The lowest BCUT2D eigenvalue weighted by Gasteiger charge is -2.19. The molecule has 7 heteroatoms. The molecule has 0 aliphatic heterocycles. The number of aryl methyl sites for hydroxylation is 1. The predicted octanol–water partition coefficient (Wildman–Crippen LogP) is 2.70. The van der Waals surface area contributed by atoms with E-state index in [1.807, 2.05) is 0 Å². The minimum absolute atomic E-state index is 0.115. The standard InChI is InChI=1S/C12H11F3N4/c1-9-18-5-10(6-19-9)4-11(7-16,8-17)2-3-12(13,14)15/h5-6H,2-4H2,1H3. The number of hydrogen-bond donors (Lipinski definition) is 0. The van der Waals surface area contributed by atoms with Gasteiger partial charge in [0.1, 0.15) is 11.2 Å². The van der Waals surface area contributed by atoms with Crippen LogP contribution in [0.2, 0.25) is 0 Å². The summed E-state index contributed by atoms with van der Waals surface area (Å²) >= 11 is 0. The monoisotopic (exact) mass is 268 g/mol. The molecule has 0 N–H and O–H groups in total. The van der Waals surface area contributed by atoms with Crippen LogP contribution in [0.25, 0.3) is 0 Å². The summed E-state index contributed by atoms with van der Waals surface area (Å²) < 4.78 is 36.6. The zero-order valence-electron chi connectivity index (χ0n) is 10.2. The van der Waals surface area contributed by atoms with E-state index in [0.717, 1.165) is 0 Å². The van der Waals surface area contributed by atoms with Gasteiger partial charge in [0.15, 0.2) is 0 Å². The topological polar surface area (TPSA) is 73.4 Å². The maximum atomic E-state index is 12.2. The summed E-state index contributed by atoms with van der Waals surface area (Å²) in [4.78, 5) is 7.78. The van der Waals surface area contributed by atoms with Crippen molar-refractivity contribution in [2.45, 2.75) is 32.4 Å². The molecule has 0 spiro atoms. The van der Waals surface area contributed by atoms with Crippen LogP contribution in [0, 0.1) is 35.0 Å². The summed E-state index contributed by atoms with van der Waals surface area (Å²) in [6.45, 7) is 1.66. The predicted molar refractivity (Wildman–Crippen MR) is 59.4 cm³/mol. The van der Waals surface area contributed by atoms with Gasteiger partial charge in [-0.2, -0.15) is 23.7 Å². The van der Waals surface area contributed by atoms with Gasteiger partial charge in [-0.05, 0) is 18.9 Å². The third kappa shape index (κ3) is 4.55. The van der Waals surface area contributed by atoms with E-state index in [-0.39, 0.29) is 6.42 Å². The highest BCUT2D eigenvalue weighted by molar-refractivity contribution is 5.21. The molecule has 1 aromatic heterocycles. The number of rotatable bonds is 4. The molecule has 0 atom stereocenters. The van der Waals surface area contributed by atoms with E-state index in [1.54, 1.807) is 19.1 Å². The molecule has 1 rings (SSSR count). The number of nitriles is 2. The Labute approximate surface area is 108 Å². The molecule has 1 heterocycles. The van der Waals surface area contributed by atoms with Crippen molar-refractivity contribution in [1.29, 1.82) is 10.5 Å². The van der Waals surface area contributed by atoms with Crippen LogP contribution in [0.3, 0.4) is 0 Å². The summed E-state index contributed by atoms with van der Waals surface area (Å²) in [7, 11) is 0. The molecule has 0 saturated carbocycles. The molecule has 0 saturated heterocycles. The van der Waals surface area contributed by atoms with Crippen molar-refractivity contribution in [2.75, 3.05) is 0 Å². The Morgan fingerprint density at radius 3 is 2.05 bits per heavy atom. The smallest absolute Gasteiger partial charge is 0.241 e. The van der Waals surface area contributed by atoms with Gasteiger partial charge in [0.25, 0.3) is 0 Å². The first kappa shape index (κ1) is 14.9. The number of hydrogen-bond acceptors (Lipinski definition) is 4. The summed E-state index contributed by atoms with van der Waals surface area (Å²) in [6, 6.07) is 3.37. The van der Waals surface area contributed by atoms with Crippen molar-refractivity contribution in [3.63, 3.8) is 0 Å². The van der Waals surface area contributed by atoms with Gasteiger partial charge in [-0.3, -0.25) is 0 Å². The molecule has 0 aliphatic rings. The summed E-state index contributed by atoms with van der Waals surface area (Å²) in [6.07, 6.45) is -3.39. The minimum Gasteiger partial charge on any atom is -0.241 e. The lowest BCUT2D eigenvalue weighted by molar-refractivity contribution is -0.138. The van der Waals surface area contributed by atoms with Crippen LogP contribution in [-0.4, -0.2) is 16.1 Å². The van der Waals surface area contributed by atoms with Crippen LogP contribution in [0.5, 0.6) is 0 Å². The zero-order valence-corrected chi connectivity index (χ0v) is 10.2. The summed E-state index contributed by atoms with van der Waals surface area (Å²) in [5.41, 5.74) is -1.23. The second kappa shape index (κ2) is 5.66. The Hall–Kier alpha value is -2.15. The Bertz CT molecular complexity index is 494. The molecule has 0 aliphatic carbocycles. The highest BCUT2D eigenvalue weighted by Gasteiger charge is 2.37. The SMILES string of the molecule is Cc1ncc(CC(C#N)(C#N)CCC(F)(F)F)cn1. The highest BCUT2D eigenvalue weighted by Crippen LogP contribution is 2.32. The summed E-state index contributed by atoms with van der Waals surface area (Å²) in [5, 5.41) is 18.0. The van der Waals surface area contributed by atoms with Crippen molar-refractivity contribution in [3.8, 4) is 12.1 Å². The van der Waals surface area contributed by atoms with Crippen LogP contribution in [0.1, 0.15) is 24.2 Å². The Balaban J connectivity index is 2.86. The van der Waals surface area contributed by atoms with Crippen LogP contribution >= 0.6 is 0 Å². The van der Waals surface area contributed by atoms with Gasteiger partial charge >= 0.3 is 6.18 Å². The molecular formula is C12H11F3N4. The van der Waals surface area contributed by atoms with Gasteiger partial charge in [-0.1, -0.05) is 0 Å². The van der Waals surface area contributed by atoms with E-state index in [9.17, 15) is 13.2 Å². The number of alkyl halides is 3. The fraction of sp³-hybridized carbons (Fsp3) is 0.500. The second-order valence-corrected chi connectivity index (χ2v) is 4.24. The van der Waals surface area contributed by atoms with Crippen molar-refractivity contribution >= 4 is 0 Å². The van der Waals surface area contributed by atoms with Gasteiger partial charge in [0.2, 0.25) is 0 Å². The largest absolute Gasteiger partial charge is 0.389 e. The van der Waals surface area contributed by atoms with Crippen molar-refractivity contribution < 1.29 is 13.2 Å². The second-order valence-electron chi connectivity index (χ2n) is 4.24. The lowest BCUT2D eigenvalue weighted by atomic mass is 9.81. The number of aromatic nitrogens is 2. The first-order chi connectivity index (χ1) is 8.80. The Kier molecular flexibility index (Phi) is 4.44. The molecule has 0 bridgehead atoms. The van der Waals surface area contributed by atoms with Gasteiger partial charge in [0.05, 0.1) is 12.1 Å². The van der Waals surface area contributed by atoms with E-state index in [1.165, 1.54) is 12.4 Å². The van der Waals surface area contributed by atoms with Crippen LogP contribution < -0.4 is 0 Å². The Morgan fingerprint density at radius 1 is 1.11 bits per heavy atom. The van der Waals surface area contributed by atoms with Crippen molar-refractivity contribution in [3.05, 3.63) is 23.8 Å². The average Bonchev–Trinajstić information content (AvgIpc) is 2.36. The molecule has 0 unspecified atom stereocenters. The average molecular weight is 268 g/mol. The molecule has 19 heavy (non-hydrogen) atoms. The maximum Gasteiger partial charge on any atom is 0.389 e. The third-order valence-corrected chi connectivity index (χ3v) is 2.60. The lowest BCUT2D eigenvalue weighted by Crippen LogP contribution is -2.23. The van der Waals surface area contributed by atoms with Crippen molar-refractivity contribution in [2.24, 2.45) is 5.41 Å². The first-order valence-electron chi connectivity index (χ1n) is 5.47. The van der Waals surface area contributed by atoms with E-state index < -0.39 is 24.4 Å².